The van der Waals surface area contributed by atoms with Crippen LogP contribution in [0.25, 0.3) is 22.3 Å². The van der Waals surface area contributed by atoms with E-state index < -0.39 is 0 Å². The Hall–Kier alpha value is -2.60. The first-order valence-electron chi connectivity index (χ1n) is 5.78. The molecule has 3 heteroatoms. The van der Waals surface area contributed by atoms with Crippen LogP contribution in [0.4, 0.5) is 0 Å². The van der Waals surface area contributed by atoms with Crippen LogP contribution in [-0.4, -0.2) is 9.97 Å². The molecule has 0 aliphatic heterocycles. The van der Waals surface area contributed by atoms with Gasteiger partial charge >= 0.3 is 0 Å². The van der Waals surface area contributed by atoms with Crippen LogP contribution >= 0.6 is 0 Å². The normalized spacial score (nSPS) is 10.4. The molecule has 2 aromatic heterocycles. The predicted octanol–water partition coefficient (Wildman–Crippen LogP) is 3.30. The molecule has 2 heterocycles. The second-order valence-electron chi connectivity index (χ2n) is 4.08. The predicted molar refractivity (Wildman–Crippen MR) is 70.8 cm³/mol. The highest BCUT2D eigenvalue weighted by Gasteiger charge is 2.12. The van der Waals surface area contributed by atoms with E-state index in [1.807, 2.05) is 42.5 Å². The van der Waals surface area contributed by atoms with Gasteiger partial charge in [-0.25, -0.2) is 4.98 Å². The first-order valence-corrected chi connectivity index (χ1v) is 5.78. The summed E-state index contributed by atoms with van der Waals surface area (Å²) < 4.78 is 0. The van der Waals surface area contributed by atoms with Crippen molar-refractivity contribution in [2.24, 2.45) is 0 Å². The van der Waals surface area contributed by atoms with Gasteiger partial charge in [0.15, 0.2) is 0 Å². The molecule has 0 aliphatic rings. The SMILES string of the molecule is N#CCc1c(-c2ccccc2)[nH]c2ncccc12. The minimum absolute atomic E-state index is 0.385. The molecule has 86 valence electrons. The number of hydrogen-bond donors (Lipinski definition) is 1. The van der Waals surface area contributed by atoms with Gasteiger partial charge < -0.3 is 4.98 Å². The largest absolute Gasteiger partial charge is 0.339 e. The third-order valence-electron chi connectivity index (χ3n) is 3.00. The lowest BCUT2D eigenvalue weighted by Gasteiger charge is -2.00. The fraction of sp³-hybridized carbons (Fsp3) is 0.0667. The van der Waals surface area contributed by atoms with Gasteiger partial charge in [0, 0.05) is 17.1 Å². The van der Waals surface area contributed by atoms with Crippen molar-refractivity contribution in [3.8, 4) is 17.3 Å². The van der Waals surface area contributed by atoms with E-state index in [-0.39, 0.29) is 0 Å². The molecule has 0 bridgehead atoms. The van der Waals surface area contributed by atoms with Crippen LogP contribution in [0.1, 0.15) is 5.56 Å². The lowest BCUT2D eigenvalue weighted by atomic mass is 10.0. The van der Waals surface area contributed by atoms with E-state index in [1.165, 1.54) is 0 Å². The molecule has 3 nitrogen and oxygen atoms in total. The summed E-state index contributed by atoms with van der Waals surface area (Å²) in [6.07, 6.45) is 2.14. The van der Waals surface area contributed by atoms with Crippen molar-refractivity contribution in [1.82, 2.24) is 9.97 Å². The quantitative estimate of drug-likeness (QED) is 0.738. The minimum Gasteiger partial charge on any atom is -0.339 e. The number of fused-ring (bicyclic) bond motifs is 1. The second kappa shape index (κ2) is 4.34. The number of nitrogens with zero attached hydrogens (tertiary/aromatic N) is 2. The Morgan fingerprint density at radius 3 is 2.72 bits per heavy atom. The molecular weight excluding hydrogens is 222 g/mol. The number of nitrogens with one attached hydrogen (secondary N) is 1. The maximum absolute atomic E-state index is 8.98. The molecular formula is C15H11N3. The smallest absolute Gasteiger partial charge is 0.138 e. The van der Waals surface area contributed by atoms with Crippen molar-refractivity contribution in [2.75, 3.05) is 0 Å². The molecule has 0 amide bonds. The number of aromatic amines is 1. The highest BCUT2D eigenvalue weighted by molar-refractivity contribution is 5.88. The Morgan fingerprint density at radius 1 is 1.11 bits per heavy atom. The maximum atomic E-state index is 8.98. The average Bonchev–Trinajstić information content (AvgIpc) is 2.80. The summed E-state index contributed by atoms with van der Waals surface area (Å²) in [5.41, 5.74) is 3.93. The van der Waals surface area contributed by atoms with Crippen molar-refractivity contribution in [2.45, 2.75) is 6.42 Å². The van der Waals surface area contributed by atoms with Gasteiger partial charge in [-0.2, -0.15) is 5.26 Å². The third-order valence-corrected chi connectivity index (χ3v) is 3.00. The lowest BCUT2D eigenvalue weighted by Crippen LogP contribution is -1.85. The molecule has 0 aliphatic carbocycles. The summed E-state index contributed by atoms with van der Waals surface area (Å²) in [4.78, 5) is 7.61. The van der Waals surface area contributed by atoms with Crippen LogP contribution < -0.4 is 0 Å². The van der Waals surface area contributed by atoms with Crippen molar-refractivity contribution in [3.63, 3.8) is 0 Å². The van der Waals surface area contributed by atoms with Crippen LogP contribution in [0.3, 0.4) is 0 Å². The maximum Gasteiger partial charge on any atom is 0.138 e. The van der Waals surface area contributed by atoms with Crippen molar-refractivity contribution in [1.29, 1.82) is 5.26 Å². The first kappa shape index (κ1) is 10.5. The van der Waals surface area contributed by atoms with E-state index in [9.17, 15) is 0 Å². The summed E-state index contributed by atoms with van der Waals surface area (Å²) in [6, 6.07) is 16.1. The molecule has 0 saturated heterocycles. The topological polar surface area (TPSA) is 52.5 Å². The number of benzene rings is 1. The van der Waals surface area contributed by atoms with Gasteiger partial charge in [0.05, 0.1) is 18.2 Å². The second-order valence-corrected chi connectivity index (χ2v) is 4.08. The Bertz CT molecular complexity index is 720. The van der Waals surface area contributed by atoms with Crippen molar-refractivity contribution < 1.29 is 0 Å². The molecule has 18 heavy (non-hydrogen) atoms. The van der Waals surface area contributed by atoms with Gasteiger partial charge in [-0.1, -0.05) is 30.3 Å². The number of H-pyrrole nitrogens is 1. The molecule has 0 fully saturated rings. The number of pyridine rings is 1. The Kier molecular flexibility index (Phi) is 2.54. The molecule has 1 aromatic carbocycles. The molecule has 3 rings (SSSR count). The van der Waals surface area contributed by atoms with Crippen molar-refractivity contribution >= 4 is 11.0 Å². The van der Waals surface area contributed by atoms with Crippen LogP contribution in [0, 0.1) is 11.3 Å². The highest BCUT2D eigenvalue weighted by Crippen LogP contribution is 2.29. The third kappa shape index (κ3) is 1.64. The van der Waals surface area contributed by atoms with Gasteiger partial charge in [-0.3, -0.25) is 0 Å². The average molecular weight is 233 g/mol. The zero-order valence-corrected chi connectivity index (χ0v) is 9.72. The molecule has 3 aromatic rings. The van der Waals surface area contributed by atoms with E-state index in [2.05, 4.69) is 16.0 Å². The minimum atomic E-state index is 0.385. The summed E-state index contributed by atoms with van der Waals surface area (Å²) in [7, 11) is 0. The number of aromatic nitrogens is 2. The van der Waals surface area contributed by atoms with Crippen molar-refractivity contribution in [3.05, 3.63) is 54.2 Å². The molecule has 0 radical (unpaired) electrons. The van der Waals surface area contributed by atoms with Gasteiger partial charge in [0.1, 0.15) is 5.65 Å². The van der Waals surface area contributed by atoms with Gasteiger partial charge in [-0.05, 0) is 17.7 Å². The zero-order valence-electron chi connectivity index (χ0n) is 9.72. The fourth-order valence-corrected chi connectivity index (χ4v) is 2.19. The standard InChI is InChI=1S/C15H11N3/c16-9-8-12-13-7-4-10-17-15(13)18-14(12)11-5-2-1-3-6-11/h1-7,10H,8H2,(H,17,18). The summed E-state index contributed by atoms with van der Waals surface area (Å²) in [5, 5.41) is 10.0. The number of rotatable bonds is 2. The Labute approximate surface area is 105 Å². The van der Waals surface area contributed by atoms with Gasteiger partial charge in [0.2, 0.25) is 0 Å². The molecule has 0 unspecified atom stereocenters. The summed E-state index contributed by atoms with van der Waals surface area (Å²) in [5.74, 6) is 0. The van der Waals surface area contributed by atoms with Crippen LogP contribution in [-0.2, 0) is 6.42 Å². The monoisotopic (exact) mass is 233 g/mol. The van der Waals surface area contributed by atoms with Gasteiger partial charge in [0.25, 0.3) is 0 Å². The Balaban J connectivity index is 2.29. The van der Waals surface area contributed by atoms with E-state index >= 15 is 0 Å². The molecule has 0 atom stereocenters. The van der Waals surface area contributed by atoms with Crippen LogP contribution in [0.2, 0.25) is 0 Å². The summed E-state index contributed by atoms with van der Waals surface area (Å²) in [6.45, 7) is 0. The fourth-order valence-electron chi connectivity index (χ4n) is 2.19. The molecule has 0 spiro atoms. The van der Waals surface area contributed by atoms with Crippen LogP contribution in [0.5, 0.6) is 0 Å². The van der Waals surface area contributed by atoms with E-state index in [0.717, 1.165) is 27.9 Å². The molecule has 1 N–H and O–H groups in total. The number of nitriles is 1. The van der Waals surface area contributed by atoms with E-state index in [4.69, 9.17) is 5.26 Å². The lowest BCUT2D eigenvalue weighted by molar-refractivity contribution is 1.27. The number of hydrogen-bond acceptors (Lipinski definition) is 2. The van der Waals surface area contributed by atoms with E-state index in [1.54, 1.807) is 6.20 Å². The molecule has 0 saturated carbocycles. The summed E-state index contributed by atoms with van der Waals surface area (Å²) >= 11 is 0. The van der Waals surface area contributed by atoms with Gasteiger partial charge in [-0.15, -0.1) is 0 Å². The zero-order chi connectivity index (χ0) is 12.4. The van der Waals surface area contributed by atoms with E-state index in [0.29, 0.717) is 6.42 Å². The highest BCUT2D eigenvalue weighted by atomic mass is 14.9. The first-order chi connectivity index (χ1) is 8.90. The Morgan fingerprint density at radius 2 is 1.94 bits per heavy atom. The van der Waals surface area contributed by atoms with Crippen LogP contribution in [0.15, 0.2) is 48.7 Å².